The molecule has 4 nitrogen and oxygen atoms in total. The van der Waals surface area contributed by atoms with Crippen molar-refractivity contribution >= 4 is 5.91 Å². The molecule has 2 rings (SSSR count). The van der Waals surface area contributed by atoms with E-state index in [1.165, 1.54) is 12.8 Å². The summed E-state index contributed by atoms with van der Waals surface area (Å²) < 4.78 is 0. The van der Waals surface area contributed by atoms with Crippen molar-refractivity contribution in [2.75, 3.05) is 20.1 Å². The molecule has 1 amide bonds. The van der Waals surface area contributed by atoms with E-state index in [2.05, 4.69) is 18.7 Å². The third-order valence-electron chi connectivity index (χ3n) is 4.14. The predicted molar refractivity (Wildman–Crippen MR) is 68.7 cm³/mol. The molecule has 1 heterocycles. The largest absolute Gasteiger partial charge is 0.344 e. The maximum atomic E-state index is 12.4. The van der Waals surface area contributed by atoms with Gasteiger partial charge in [-0.05, 0) is 46.1 Å². The average molecular weight is 239 g/mol. The molecule has 0 aromatic heterocycles. The molecule has 0 aromatic carbocycles. The number of carbonyl (C=O) groups excluding carboxylic acids is 1. The Morgan fingerprint density at radius 2 is 2.06 bits per heavy atom. The number of nitrogens with two attached hydrogens (primary N) is 1. The van der Waals surface area contributed by atoms with Crippen LogP contribution in [-0.2, 0) is 4.79 Å². The van der Waals surface area contributed by atoms with Gasteiger partial charge in [0.25, 0.3) is 0 Å². The second-order valence-electron chi connectivity index (χ2n) is 6.05. The molecule has 4 heteroatoms. The maximum Gasteiger partial charge on any atom is 0.239 e. The highest BCUT2D eigenvalue weighted by Gasteiger charge is 2.47. The molecule has 1 saturated carbocycles. The molecule has 1 unspecified atom stereocenters. The number of carbonyl (C=O) groups is 1. The zero-order chi connectivity index (χ0) is 12.6. The van der Waals surface area contributed by atoms with Crippen molar-refractivity contribution in [3.63, 3.8) is 0 Å². The minimum atomic E-state index is -0.00463. The van der Waals surface area contributed by atoms with Crippen LogP contribution in [0.5, 0.6) is 0 Å². The highest BCUT2D eigenvalue weighted by atomic mass is 16.2. The zero-order valence-corrected chi connectivity index (χ0v) is 11.3. The first-order valence-electron chi connectivity index (χ1n) is 6.71. The molecule has 0 radical (unpaired) electrons. The Bertz CT molecular complexity index is 299. The summed E-state index contributed by atoms with van der Waals surface area (Å²) in [7, 11) is 1.92. The average Bonchev–Trinajstić information content (AvgIpc) is 3.07. The molecule has 1 saturated heterocycles. The van der Waals surface area contributed by atoms with Crippen LogP contribution >= 0.6 is 0 Å². The highest BCUT2D eigenvalue weighted by Crippen LogP contribution is 2.38. The Morgan fingerprint density at radius 1 is 1.41 bits per heavy atom. The fourth-order valence-electron chi connectivity index (χ4n) is 3.00. The Morgan fingerprint density at radius 3 is 2.59 bits per heavy atom. The van der Waals surface area contributed by atoms with Crippen molar-refractivity contribution in [3.8, 4) is 0 Å². The van der Waals surface area contributed by atoms with Crippen molar-refractivity contribution < 1.29 is 4.79 Å². The summed E-state index contributed by atoms with van der Waals surface area (Å²) in [5, 5.41) is 0. The summed E-state index contributed by atoms with van der Waals surface area (Å²) in [6, 6.07) is 0.604. The molecule has 0 aromatic rings. The topological polar surface area (TPSA) is 49.6 Å². The van der Waals surface area contributed by atoms with Gasteiger partial charge in [-0.15, -0.1) is 0 Å². The molecule has 0 spiro atoms. The maximum absolute atomic E-state index is 12.4. The van der Waals surface area contributed by atoms with E-state index in [9.17, 15) is 4.79 Å². The van der Waals surface area contributed by atoms with Crippen molar-refractivity contribution in [2.45, 2.75) is 57.2 Å². The van der Waals surface area contributed by atoms with Crippen LogP contribution in [0.2, 0.25) is 0 Å². The van der Waals surface area contributed by atoms with E-state index in [1.54, 1.807) is 0 Å². The lowest BCUT2D eigenvalue weighted by molar-refractivity contribution is -0.135. The molecule has 17 heavy (non-hydrogen) atoms. The zero-order valence-electron chi connectivity index (χ0n) is 11.3. The van der Waals surface area contributed by atoms with E-state index in [-0.39, 0.29) is 17.5 Å². The van der Waals surface area contributed by atoms with Crippen molar-refractivity contribution in [3.05, 3.63) is 0 Å². The molecule has 1 atom stereocenters. The minimum Gasteiger partial charge on any atom is -0.344 e. The standard InChI is InChI=1S/C13H25N3O/c1-13(2)7-9-15(3)12(17)11(6-8-14)16(13)10-4-5-10/h10-11H,4-9,14H2,1-3H3. The van der Waals surface area contributed by atoms with Gasteiger partial charge >= 0.3 is 0 Å². The summed E-state index contributed by atoms with van der Waals surface area (Å²) in [6.45, 7) is 5.97. The van der Waals surface area contributed by atoms with Crippen LogP contribution < -0.4 is 5.73 Å². The quantitative estimate of drug-likeness (QED) is 0.793. The lowest BCUT2D eigenvalue weighted by Crippen LogP contribution is -2.54. The first kappa shape index (κ1) is 12.8. The van der Waals surface area contributed by atoms with E-state index < -0.39 is 0 Å². The van der Waals surface area contributed by atoms with E-state index in [1.807, 2.05) is 11.9 Å². The van der Waals surface area contributed by atoms with Gasteiger partial charge in [-0.3, -0.25) is 9.69 Å². The smallest absolute Gasteiger partial charge is 0.239 e. The van der Waals surface area contributed by atoms with Gasteiger partial charge in [-0.2, -0.15) is 0 Å². The number of amides is 1. The SMILES string of the molecule is CN1CCC(C)(C)N(C2CC2)C(CCN)C1=O. The summed E-state index contributed by atoms with van der Waals surface area (Å²) in [4.78, 5) is 16.7. The summed E-state index contributed by atoms with van der Waals surface area (Å²) >= 11 is 0. The summed E-state index contributed by atoms with van der Waals surface area (Å²) in [6.07, 6.45) is 4.30. The fraction of sp³-hybridized carbons (Fsp3) is 0.923. The van der Waals surface area contributed by atoms with Gasteiger partial charge in [0.1, 0.15) is 0 Å². The fourth-order valence-corrected chi connectivity index (χ4v) is 3.00. The Hall–Kier alpha value is -0.610. The van der Waals surface area contributed by atoms with Crippen LogP contribution in [0.25, 0.3) is 0 Å². The lowest BCUT2D eigenvalue weighted by Gasteiger charge is -2.41. The third kappa shape index (κ3) is 2.47. The molecule has 2 N–H and O–H groups in total. The van der Waals surface area contributed by atoms with E-state index in [0.717, 1.165) is 19.4 Å². The highest BCUT2D eigenvalue weighted by molar-refractivity contribution is 5.82. The summed E-state index contributed by atoms with van der Waals surface area (Å²) in [5.41, 5.74) is 5.80. The van der Waals surface area contributed by atoms with Gasteiger partial charge in [0, 0.05) is 25.2 Å². The first-order valence-corrected chi connectivity index (χ1v) is 6.71. The van der Waals surface area contributed by atoms with E-state index in [4.69, 9.17) is 5.73 Å². The number of hydrogen-bond acceptors (Lipinski definition) is 3. The van der Waals surface area contributed by atoms with Crippen molar-refractivity contribution in [1.82, 2.24) is 9.80 Å². The van der Waals surface area contributed by atoms with Crippen LogP contribution in [0.3, 0.4) is 0 Å². The minimum absolute atomic E-state index is 0.00463. The molecule has 2 fully saturated rings. The van der Waals surface area contributed by atoms with Crippen LogP contribution in [0, 0.1) is 0 Å². The molecule has 1 aliphatic heterocycles. The normalized spacial score (nSPS) is 30.5. The van der Waals surface area contributed by atoms with Gasteiger partial charge < -0.3 is 10.6 Å². The molecular formula is C13H25N3O. The number of likely N-dealkylation sites (N-methyl/N-ethyl adjacent to an activating group) is 1. The molecule has 2 aliphatic rings. The number of nitrogens with zero attached hydrogens (tertiary/aromatic N) is 2. The molecule has 1 aliphatic carbocycles. The van der Waals surface area contributed by atoms with Gasteiger partial charge in [0.05, 0.1) is 6.04 Å². The monoisotopic (exact) mass is 239 g/mol. The molecule has 98 valence electrons. The first-order chi connectivity index (χ1) is 7.97. The van der Waals surface area contributed by atoms with Gasteiger partial charge in [-0.1, -0.05) is 0 Å². The van der Waals surface area contributed by atoms with Crippen molar-refractivity contribution in [1.29, 1.82) is 0 Å². The lowest BCUT2D eigenvalue weighted by atomic mass is 9.95. The number of rotatable bonds is 3. The van der Waals surface area contributed by atoms with Crippen LogP contribution in [-0.4, -0.2) is 53.5 Å². The Kier molecular flexibility index (Phi) is 3.46. The molecule has 0 bridgehead atoms. The van der Waals surface area contributed by atoms with Gasteiger partial charge in [0.15, 0.2) is 0 Å². The molecular weight excluding hydrogens is 214 g/mol. The summed E-state index contributed by atoms with van der Waals surface area (Å²) in [5.74, 6) is 0.257. The second kappa shape index (κ2) is 4.58. The number of hydrogen-bond donors (Lipinski definition) is 1. The Labute approximate surface area is 104 Å². The van der Waals surface area contributed by atoms with Crippen LogP contribution in [0.4, 0.5) is 0 Å². The van der Waals surface area contributed by atoms with Crippen LogP contribution in [0.15, 0.2) is 0 Å². The van der Waals surface area contributed by atoms with E-state index >= 15 is 0 Å². The van der Waals surface area contributed by atoms with Gasteiger partial charge in [0.2, 0.25) is 5.91 Å². The second-order valence-corrected chi connectivity index (χ2v) is 6.05. The third-order valence-corrected chi connectivity index (χ3v) is 4.14. The Balaban J connectivity index is 2.27. The van der Waals surface area contributed by atoms with E-state index in [0.29, 0.717) is 12.6 Å². The van der Waals surface area contributed by atoms with Gasteiger partial charge in [-0.25, -0.2) is 0 Å². The van der Waals surface area contributed by atoms with Crippen LogP contribution in [0.1, 0.15) is 39.5 Å². The van der Waals surface area contributed by atoms with Crippen molar-refractivity contribution in [2.24, 2.45) is 5.73 Å². The predicted octanol–water partition coefficient (Wildman–Crippen LogP) is 0.809.